The van der Waals surface area contributed by atoms with Gasteiger partial charge in [-0.15, -0.1) is 0 Å². The van der Waals surface area contributed by atoms with Gasteiger partial charge in [0.25, 0.3) is 0 Å². The summed E-state index contributed by atoms with van der Waals surface area (Å²) in [6, 6.07) is 2.61. The van der Waals surface area contributed by atoms with Gasteiger partial charge in [0, 0.05) is 0 Å². The van der Waals surface area contributed by atoms with Crippen LogP contribution >= 0.6 is 0 Å². The van der Waals surface area contributed by atoms with Gasteiger partial charge in [-0.3, -0.25) is 4.90 Å². The molecule has 0 aromatic heterocycles. The Morgan fingerprint density at radius 3 is 2.47 bits per heavy atom. The van der Waals surface area contributed by atoms with Crippen LogP contribution in [0.25, 0.3) is 0 Å². The Balaban J connectivity index is 2.79. The summed E-state index contributed by atoms with van der Waals surface area (Å²) in [5.41, 5.74) is -0.158. The average molecular weight is 208 g/mol. The maximum atomic E-state index is 9.49. The van der Waals surface area contributed by atoms with E-state index in [0.717, 1.165) is 31.8 Å². The van der Waals surface area contributed by atoms with Gasteiger partial charge < -0.3 is 0 Å². The number of hydrogen-bond acceptors (Lipinski definition) is 2. The SMILES string of the molecule is CCN(CC)C1(C#N)CCCC(C)CC1. The van der Waals surface area contributed by atoms with Crippen molar-refractivity contribution in [3.63, 3.8) is 0 Å². The highest BCUT2D eigenvalue weighted by Crippen LogP contribution is 2.34. The monoisotopic (exact) mass is 208 g/mol. The highest BCUT2D eigenvalue weighted by Gasteiger charge is 2.36. The zero-order valence-electron chi connectivity index (χ0n) is 10.4. The molecule has 2 nitrogen and oxygen atoms in total. The smallest absolute Gasteiger partial charge is 0.109 e. The van der Waals surface area contributed by atoms with Crippen LogP contribution in [0.2, 0.25) is 0 Å². The standard InChI is InChI=1S/C13H24N2/c1-4-15(5-2)13(11-14)9-6-7-12(3)8-10-13/h12H,4-10H2,1-3H3. The third-order valence-corrected chi connectivity index (χ3v) is 3.91. The molecule has 2 atom stereocenters. The quantitative estimate of drug-likeness (QED) is 0.666. The Bertz CT molecular complexity index is 227. The molecule has 1 saturated carbocycles. The summed E-state index contributed by atoms with van der Waals surface area (Å²) in [5, 5.41) is 9.49. The van der Waals surface area contributed by atoms with Crippen LogP contribution in [0.15, 0.2) is 0 Å². The second-order valence-electron chi connectivity index (χ2n) is 4.85. The van der Waals surface area contributed by atoms with Crippen molar-refractivity contribution in [1.82, 2.24) is 4.90 Å². The lowest BCUT2D eigenvalue weighted by atomic mass is 9.89. The van der Waals surface area contributed by atoms with E-state index >= 15 is 0 Å². The largest absolute Gasteiger partial charge is 0.286 e. The molecule has 0 aromatic rings. The zero-order chi connectivity index (χ0) is 11.3. The number of hydrogen-bond donors (Lipinski definition) is 0. The molecule has 0 aliphatic heterocycles. The normalized spacial score (nSPS) is 32.3. The van der Waals surface area contributed by atoms with E-state index in [1.54, 1.807) is 0 Å². The molecule has 0 aromatic carbocycles. The van der Waals surface area contributed by atoms with Crippen molar-refractivity contribution in [2.24, 2.45) is 5.92 Å². The molecule has 2 heteroatoms. The van der Waals surface area contributed by atoms with Gasteiger partial charge in [0.1, 0.15) is 5.54 Å². The Morgan fingerprint density at radius 2 is 1.93 bits per heavy atom. The highest BCUT2D eigenvalue weighted by atomic mass is 15.2. The third-order valence-electron chi connectivity index (χ3n) is 3.91. The predicted octanol–water partition coefficient (Wildman–Crippen LogP) is 3.19. The van der Waals surface area contributed by atoms with E-state index in [1.807, 2.05) is 0 Å². The summed E-state index contributed by atoms with van der Waals surface area (Å²) in [6.07, 6.45) is 5.85. The Morgan fingerprint density at radius 1 is 1.27 bits per heavy atom. The van der Waals surface area contributed by atoms with E-state index in [-0.39, 0.29) is 5.54 Å². The fourth-order valence-electron chi connectivity index (χ4n) is 2.83. The Labute approximate surface area is 94.3 Å². The van der Waals surface area contributed by atoms with Crippen LogP contribution in [-0.2, 0) is 0 Å². The summed E-state index contributed by atoms with van der Waals surface area (Å²) in [6.45, 7) is 8.64. The maximum Gasteiger partial charge on any atom is 0.109 e. The van der Waals surface area contributed by atoms with Gasteiger partial charge in [-0.1, -0.05) is 33.6 Å². The topological polar surface area (TPSA) is 27.0 Å². The van der Waals surface area contributed by atoms with E-state index in [1.165, 1.54) is 19.3 Å². The van der Waals surface area contributed by atoms with Gasteiger partial charge in [0.05, 0.1) is 6.07 Å². The number of nitrogens with zero attached hydrogens (tertiary/aromatic N) is 2. The molecular weight excluding hydrogens is 184 g/mol. The molecular formula is C13H24N2. The molecule has 0 N–H and O–H groups in total. The van der Waals surface area contributed by atoms with E-state index in [9.17, 15) is 5.26 Å². The van der Waals surface area contributed by atoms with Crippen LogP contribution in [0.3, 0.4) is 0 Å². The Kier molecular flexibility index (Phi) is 4.60. The first kappa shape index (κ1) is 12.5. The zero-order valence-corrected chi connectivity index (χ0v) is 10.4. The first-order chi connectivity index (χ1) is 7.18. The van der Waals surface area contributed by atoms with Crippen molar-refractivity contribution in [1.29, 1.82) is 5.26 Å². The van der Waals surface area contributed by atoms with Crippen molar-refractivity contribution < 1.29 is 0 Å². The molecule has 2 unspecified atom stereocenters. The molecule has 1 aliphatic rings. The summed E-state index contributed by atoms with van der Waals surface area (Å²) < 4.78 is 0. The third kappa shape index (κ3) is 2.72. The van der Waals surface area contributed by atoms with E-state index in [4.69, 9.17) is 0 Å². The van der Waals surface area contributed by atoms with Crippen molar-refractivity contribution in [3.8, 4) is 6.07 Å². The van der Waals surface area contributed by atoms with Crippen LogP contribution in [0, 0.1) is 17.2 Å². The van der Waals surface area contributed by atoms with Crippen LogP contribution in [0.1, 0.15) is 52.9 Å². The van der Waals surface area contributed by atoms with Gasteiger partial charge in [-0.25, -0.2) is 0 Å². The minimum atomic E-state index is -0.158. The molecule has 0 bridgehead atoms. The van der Waals surface area contributed by atoms with Crippen LogP contribution in [0.5, 0.6) is 0 Å². The van der Waals surface area contributed by atoms with Crippen molar-refractivity contribution >= 4 is 0 Å². The lowest BCUT2D eigenvalue weighted by Crippen LogP contribution is -2.47. The summed E-state index contributed by atoms with van der Waals surface area (Å²) in [5.74, 6) is 0.802. The molecule has 1 fully saturated rings. The molecule has 0 radical (unpaired) electrons. The number of nitriles is 1. The lowest BCUT2D eigenvalue weighted by molar-refractivity contribution is 0.133. The van der Waals surface area contributed by atoms with Crippen LogP contribution < -0.4 is 0 Å². The van der Waals surface area contributed by atoms with Crippen LogP contribution in [0.4, 0.5) is 0 Å². The van der Waals surface area contributed by atoms with Crippen molar-refractivity contribution in [3.05, 3.63) is 0 Å². The van der Waals surface area contributed by atoms with E-state index in [2.05, 4.69) is 31.7 Å². The first-order valence-electron chi connectivity index (χ1n) is 6.34. The fraction of sp³-hybridized carbons (Fsp3) is 0.923. The predicted molar refractivity (Wildman–Crippen MR) is 63.5 cm³/mol. The van der Waals surface area contributed by atoms with Gasteiger partial charge in [-0.05, 0) is 38.3 Å². The van der Waals surface area contributed by atoms with Crippen molar-refractivity contribution in [2.75, 3.05) is 13.1 Å². The van der Waals surface area contributed by atoms with Crippen molar-refractivity contribution in [2.45, 2.75) is 58.4 Å². The molecule has 86 valence electrons. The molecule has 1 aliphatic carbocycles. The maximum absolute atomic E-state index is 9.49. The second-order valence-corrected chi connectivity index (χ2v) is 4.85. The number of rotatable bonds is 3. The summed E-state index contributed by atoms with van der Waals surface area (Å²) in [7, 11) is 0. The lowest BCUT2D eigenvalue weighted by Gasteiger charge is -2.37. The molecule has 15 heavy (non-hydrogen) atoms. The minimum Gasteiger partial charge on any atom is -0.286 e. The first-order valence-corrected chi connectivity index (χ1v) is 6.34. The van der Waals surface area contributed by atoms with Gasteiger partial charge in [-0.2, -0.15) is 5.26 Å². The summed E-state index contributed by atoms with van der Waals surface area (Å²) in [4.78, 5) is 2.35. The summed E-state index contributed by atoms with van der Waals surface area (Å²) >= 11 is 0. The highest BCUT2D eigenvalue weighted by molar-refractivity contribution is 5.09. The molecule has 1 rings (SSSR count). The van der Waals surface area contributed by atoms with E-state index < -0.39 is 0 Å². The van der Waals surface area contributed by atoms with E-state index in [0.29, 0.717) is 0 Å². The average Bonchev–Trinajstić information content (AvgIpc) is 2.44. The van der Waals surface area contributed by atoms with Gasteiger partial charge in [0.15, 0.2) is 0 Å². The van der Waals surface area contributed by atoms with Gasteiger partial charge >= 0.3 is 0 Å². The van der Waals surface area contributed by atoms with Crippen LogP contribution in [-0.4, -0.2) is 23.5 Å². The van der Waals surface area contributed by atoms with Gasteiger partial charge in [0.2, 0.25) is 0 Å². The molecule has 0 saturated heterocycles. The second kappa shape index (κ2) is 5.51. The Hall–Kier alpha value is -0.550. The molecule has 0 heterocycles. The minimum absolute atomic E-state index is 0.158. The molecule has 0 amide bonds. The fourth-order valence-corrected chi connectivity index (χ4v) is 2.83. The molecule has 0 spiro atoms.